The van der Waals surface area contributed by atoms with Crippen LogP contribution in [-0.4, -0.2) is 40.1 Å². The molecule has 6 rings (SSSR count). The molecule has 1 spiro atoms. The molecule has 2 atom stereocenters. The Balaban J connectivity index is 1.24. The van der Waals surface area contributed by atoms with Gasteiger partial charge in [0.25, 0.3) is 0 Å². The molecule has 0 radical (unpaired) electrons. The largest absolute Gasteiger partial charge is 0.310 e. The highest BCUT2D eigenvalue weighted by molar-refractivity contribution is 6.09. The van der Waals surface area contributed by atoms with Crippen LogP contribution in [0.4, 0.5) is 5.82 Å². The third-order valence-corrected chi connectivity index (χ3v) is 6.82. The molecule has 1 aliphatic carbocycles. The minimum atomic E-state index is -0.473. The summed E-state index contributed by atoms with van der Waals surface area (Å²) in [6, 6.07) is 18.9. The van der Waals surface area contributed by atoms with Gasteiger partial charge in [-0.15, -0.1) is 0 Å². The van der Waals surface area contributed by atoms with Gasteiger partial charge in [0.1, 0.15) is 5.82 Å². The first kappa shape index (κ1) is 19.9. The van der Waals surface area contributed by atoms with Crippen LogP contribution in [-0.2, 0) is 16.8 Å². The second-order valence-electron chi connectivity index (χ2n) is 9.31. The van der Waals surface area contributed by atoms with Crippen LogP contribution in [0.2, 0.25) is 0 Å². The maximum absolute atomic E-state index is 12.8. The average molecular weight is 436 g/mol. The normalized spacial score (nSPS) is 21.3. The Morgan fingerprint density at radius 2 is 1.97 bits per heavy atom. The van der Waals surface area contributed by atoms with E-state index in [1.807, 2.05) is 18.2 Å². The number of nitrogens with zero attached hydrogens (tertiary/aromatic N) is 3. The molecule has 164 valence electrons. The van der Waals surface area contributed by atoms with E-state index >= 15 is 0 Å². The van der Waals surface area contributed by atoms with E-state index in [-0.39, 0.29) is 11.8 Å². The van der Waals surface area contributed by atoms with Crippen molar-refractivity contribution in [3.05, 3.63) is 88.7 Å². The molecule has 2 aromatic carbocycles. The fourth-order valence-corrected chi connectivity index (χ4v) is 5.10. The predicted octanol–water partition coefficient (Wildman–Crippen LogP) is 4.57. The molecule has 1 fully saturated rings. The van der Waals surface area contributed by atoms with Gasteiger partial charge < -0.3 is 10.2 Å². The van der Waals surface area contributed by atoms with Gasteiger partial charge in [0.15, 0.2) is 0 Å². The predicted molar refractivity (Wildman–Crippen MR) is 131 cm³/mol. The number of anilines is 1. The Kier molecular flexibility index (Phi) is 4.45. The number of hydrogen-bond donors (Lipinski definition) is 2. The summed E-state index contributed by atoms with van der Waals surface area (Å²) in [4.78, 5) is 19.3. The topological polar surface area (TPSA) is 73.9 Å². The average Bonchev–Trinajstić information content (AvgIpc) is 3.35. The van der Waals surface area contributed by atoms with Gasteiger partial charge in [-0.3, -0.25) is 9.89 Å². The van der Waals surface area contributed by atoms with Crippen LogP contribution in [0.5, 0.6) is 0 Å². The third kappa shape index (κ3) is 3.26. The van der Waals surface area contributed by atoms with E-state index in [0.29, 0.717) is 5.82 Å². The van der Waals surface area contributed by atoms with Crippen molar-refractivity contribution in [2.45, 2.75) is 24.3 Å². The first-order chi connectivity index (χ1) is 16.0. The van der Waals surface area contributed by atoms with Gasteiger partial charge in [0.2, 0.25) is 5.91 Å². The van der Waals surface area contributed by atoms with E-state index in [1.54, 1.807) is 6.20 Å². The molecule has 33 heavy (non-hydrogen) atoms. The van der Waals surface area contributed by atoms with Gasteiger partial charge in [-0.25, -0.2) is 4.98 Å². The van der Waals surface area contributed by atoms with Crippen LogP contribution in [0, 0.1) is 0 Å². The van der Waals surface area contributed by atoms with Crippen molar-refractivity contribution in [1.29, 1.82) is 0 Å². The Morgan fingerprint density at radius 3 is 2.79 bits per heavy atom. The standard InChI is InChI=1S/C27H25N5O/c1-32(2)16-18-7-5-17(6-8-18)9-12-23-20-11-10-19(14-24(20)31-30-23)22-15-27(22)21-4-3-13-28-25(21)29-26(27)33/h3-14,22H,15-16H2,1-2H3,(H,30,31)(H,28,29,33)/b12-9+/t22-,27-/m0/s1. The van der Waals surface area contributed by atoms with Gasteiger partial charge in [-0.2, -0.15) is 5.10 Å². The van der Waals surface area contributed by atoms with Gasteiger partial charge in [0, 0.05) is 29.6 Å². The monoisotopic (exact) mass is 435 g/mol. The molecule has 4 aromatic rings. The molecule has 2 aromatic heterocycles. The fourth-order valence-electron chi connectivity index (χ4n) is 5.10. The Morgan fingerprint density at radius 1 is 1.12 bits per heavy atom. The van der Waals surface area contributed by atoms with Gasteiger partial charge >= 0.3 is 0 Å². The molecule has 2 aliphatic rings. The first-order valence-electron chi connectivity index (χ1n) is 11.2. The van der Waals surface area contributed by atoms with Gasteiger partial charge in [-0.1, -0.05) is 48.5 Å². The van der Waals surface area contributed by atoms with Crippen LogP contribution in [0.25, 0.3) is 23.1 Å². The molecule has 6 nitrogen and oxygen atoms in total. The highest BCUT2D eigenvalue weighted by Gasteiger charge is 2.65. The van der Waals surface area contributed by atoms with Crippen molar-refractivity contribution in [2.24, 2.45) is 0 Å². The maximum atomic E-state index is 12.8. The van der Waals surface area contributed by atoms with Crippen LogP contribution in [0.15, 0.2) is 60.8 Å². The lowest BCUT2D eigenvalue weighted by Gasteiger charge is -2.09. The number of nitrogens with one attached hydrogen (secondary N) is 2. The zero-order valence-electron chi connectivity index (χ0n) is 18.7. The highest BCUT2D eigenvalue weighted by Crippen LogP contribution is 2.64. The number of H-pyrrole nitrogens is 1. The van der Waals surface area contributed by atoms with Crippen LogP contribution < -0.4 is 5.32 Å². The van der Waals surface area contributed by atoms with Crippen molar-refractivity contribution < 1.29 is 4.79 Å². The summed E-state index contributed by atoms with van der Waals surface area (Å²) >= 11 is 0. The molecular formula is C27H25N5O. The third-order valence-electron chi connectivity index (χ3n) is 6.82. The minimum absolute atomic E-state index is 0.0612. The Labute approximate surface area is 192 Å². The van der Waals surface area contributed by atoms with E-state index < -0.39 is 5.41 Å². The zero-order valence-corrected chi connectivity index (χ0v) is 18.7. The fraction of sp³-hybridized carbons (Fsp3) is 0.222. The number of aromatic amines is 1. The van der Waals surface area contributed by atoms with E-state index in [4.69, 9.17) is 0 Å². The lowest BCUT2D eigenvalue weighted by Crippen LogP contribution is -2.20. The molecule has 2 N–H and O–H groups in total. The number of carbonyl (C=O) groups excluding carboxylic acids is 1. The van der Waals surface area contributed by atoms with Crippen molar-refractivity contribution in [3.63, 3.8) is 0 Å². The number of carbonyl (C=O) groups is 1. The molecule has 1 aliphatic heterocycles. The number of amides is 1. The van der Waals surface area contributed by atoms with E-state index in [0.717, 1.165) is 46.3 Å². The SMILES string of the molecule is CN(C)Cc1ccc(/C=C/c2n[nH]c3cc([C@@H]4C[C@@]45C(=O)Nc4ncccc45)ccc23)cc1. The van der Waals surface area contributed by atoms with Gasteiger partial charge in [-0.05, 0) is 55.4 Å². The number of aromatic nitrogens is 3. The number of hydrogen-bond acceptors (Lipinski definition) is 4. The number of rotatable bonds is 5. The zero-order chi connectivity index (χ0) is 22.6. The lowest BCUT2D eigenvalue weighted by atomic mass is 9.93. The Hall–Kier alpha value is -3.77. The Bertz CT molecular complexity index is 1400. The smallest absolute Gasteiger partial charge is 0.236 e. The number of benzene rings is 2. The molecule has 3 heterocycles. The van der Waals surface area contributed by atoms with Crippen molar-refractivity contribution in [3.8, 4) is 0 Å². The second kappa shape index (κ2) is 7.39. The van der Waals surface area contributed by atoms with E-state index in [1.165, 1.54) is 5.56 Å². The summed E-state index contributed by atoms with van der Waals surface area (Å²) in [5.41, 5.74) is 6.04. The quantitative estimate of drug-likeness (QED) is 0.482. The summed E-state index contributed by atoms with van der Waals surface area (Å²) in [5.74, 6) is 0.927. The molecule has 6 heteroatoms. The molecule has 0 unspecified atom stereocenters. The maximum Gasteiger partial charge on any atom is 0.236 e. The lowest BCUT2D eigenvalue weighted by molar-refractivity contribution is -0.118. The van der Waals surface area contributed by atoms with Crippen molar-refractivity contribution >= 4 is 34.8 Å². The highest BCUT2D eigenvalue weighted by atomic mass is 16.2. The molecule has 1 amide bonds. The summed E-state index contributed by atoms with van der Waals surface area (Å²) in [6.07, 6.45) is 6.67. The van der Waals surface area contributed by atoms with Crippen LogP contribution >= 0.6 is 0 Å². The summed E-state index contributed by atoms with van der Waals surface area (Å²) in [5, 5.41) is 11.7. The summed E-state index contributed by atoms with van der Waals surface area (Å²) in [6.45, 7) is 0.933. The van der Waals surface area contributed by atoms with Crippen LogP contribution in [0.3, 0.4) is 0 Å². The summed E-state index contributed by atoms with van der Waals surface area (Å²) < 4.78 is 0. The molecule has 0 saturated heterocycles. The van der Waals surface area contributed by atoms with Crippen molar-refractivity contribution in [2.75, 3.05) is 19.4 Å². The number of fused-ring (bicyclic) bond motifs is 3. The first-order valence-corrected chi connectivity index (χ1v) is 11.2. The molecular weight excluding hydrogens is 410 g/mol. The summed E-state index contributed by atoms with van der Waals surface area (Å²) in [7, 11) is 4.15. The van der Waals surface area contributed by atoms with E-state index in [9.17, 15) is 4.79 Å². The van der Waals surface area contributed by atoms with E-state index in [2.05, 4.69) is 88.0 Å². The molecule has 0 bridgehead atoms. The minimum Gasteiger partial charge on any atom is -0.310 e. The molecule has 1 saturated carbocycles. The van der Waals surface area contributed by atoms with Crippen LogP contribution in [0.1, 0.15) is 40.3 Å². The number of pyridine rings is 1. The second-order valence-corrected chi connectivity index (χ2v) is 9.31. The van der Waals surface area contributed by atoms with Crippen molar-refractivity contribution in [1.82, 2.24) is 20.1 Å². The van der Waals surface area contributed by atoms with Gasteiger partial charge in [0.05, 0.1) is 16.6 Å².